The topological polar surface area (TPSA) is 33.7 Å². The predicted molar refractivity (Wildman–Crippen MR) is 91.2 cm³/mol. The zero-order chi connectivity index (χ0) is 15.5. The fraction of sp³-hybridized carbons (Fsp3) is 0.684. The molecular weight excluding hydrogens is 288 g/mol. The molecule has 0 spiro atoms. The van der Waals surface area contributed by atoms with Crippen molar-refractivity contribution in [2.24, 2.45) is 5.92 Å². The van der Waals surface area contributed by atoms with E-state index in [2.05, 4.69) is 28.4 Å². The van der Waals surface area contributed by atoms with Crippen molar-refractivity contribution in [2.45, 2.75) is 38.1 Å². The van der Waals surface area contributed by atoms with E-state index in [1.165, 1.54) is 37.7 Å². The van der Waals surface area contributed by atoms with Crippen LogP contribution in [0.5, 0.6) is 11.5 Å². The third kappa shape index (κ3) is 3.33. The quantitative estimate of drug-likeness (QED) is 0.929. The first kappa shape index (κ1) is 15.3. The average Bonchev–Trinajstić information content (AvgIpc) is 2.64. The van der Waals surface area contributed by atoms with Gasteiger partial charge in [-0.05, 0) is 36.5 Å². The van der Waals surface area contributed by atoms with Gasteiger partial charge in [0.2, 0.25) is 0 Å². The third-order valence-corrected chi connectivity index (χ3v) is 5.55. The monoisotopic (exact) mass is 316 g/mol. The summed E-state index contributed by atoms with van der Waals surface area (Å²) in [5, 5.41) is 3.49. The molecule has 0 radical (unpaired) electrons. The first-order chi connectivity index (χ1) is 11.4. The van der Waals surface area contributed by atoms with Crippen molar-refractivity contribution in [3.05, 3.63) is 23.8 Å². The molecule has 4 nitrogen and oxygen atoms in total. The van der Waals surface area contributed by atoms with Crippen molar-refractivity contribution < 1.29 is 9.47 Å². The number of nitrogens with zero attached hydrogens (tertiary/aromatic N) is 1. The summed E-state index contributed by atoms with van der Waals surface area (Å²) < 4.78 is 11.5. The summed E-state index contributed by atoms with van der Waals surface area (Å²) >= 11 is 0. The molecular formula is C19H28N2O2. The number of nitrogens with one attached hydrogen (secondary N) is 1. The second kappa shape index (κ2) is 7.10. The van der Waals surface area contributed by atoms with E-state index in [1.807, 2.05) is 0 Å². The van der Waals surface area contributed by atoms with Gasteiger partial charge in [0.15, 0.2) is 11.5 Å². The Bertz CT molecular complexity index is 504. The largest absolute Gasteiger partial charge is 0.486 e. The van der Waals surface area contributed by atoms with Crippen LogP contribution in [0, 0.1) is 5.92 Å². The molecule has 2 aliphatic heterocycles. The molecule has 1 aromatic carbocycles. The minimum atomic E-state index is 0.535. The summed E-state index contributed by atoms with van der Waals surface area (Å²) in [5.41, 5.74) is 1.42. The highest BCUT2D eigenvalue weighted by atomic mass is 16.6. The van der Waals surface area contributed by atoms with Crippen LogP contribution >= 0.6 is 0 Å². The molecule has 126 valence electrons. The van der Waals surface area contributed by atoms with Gasteiger partial charge in [-0.1, -0.05) is 25.3 Å². The summed E-state index contributed by atoms with van der Waals surface area (Å²) in [5.74, 6) is 2.62. The molecule has 1 N–H and O–H groups in total. The SMILES string of the molecule is c1cc2c(cc1[C@@H](C1CCCCC1)N1CCNCC1)OCCO2. The second-order valence-corrected chi connectivity index (χ2v) is 7.03. The van der Waals surface area contributed by atoms with Gasteiger partial charge in [0.05, 0.1) is 0 Å². The maximum absolute atomic E-state index is 5.83. The Morgan fingerprint density at radius 2 is 1.70 bits per heavy atom. The maximum atomic E-state index is 5.83. The molecule has 0 unspecified atom stereocenters. The molecule has 1 atom stereocenters. The Labute approximate surface area is 139 Å². The van der Waals surface area contributed by atoms with Crippen molar-refractivity contribution in [3.63, 3.8) is 0 Å². The summed E-state index contributed by atoms with van der Waals surface area (Å²) in [6, 6.07) is 7.17. The van der Waals surface area contributed by atoms with Gasteiger partial charge < -0.3 is 14.8 Å². The molecule has 4 rings (SSSR count). The highest BCUT2D eigenvalue weighted by Crippen LogP contribution is 2.41. The van der Waals surface area contributed by atoms with E-state index in [1.54, 1.807) is 0 Å². The number of ether oxygens (including phenoxy) is 2. The maximum Gasteiger partial charge on any atom is 0.161 e. The molecule has 0 bridgehead atoms. The zero-order valence-corrected chi connectivity index (χ0v) is 13.9. The van der Waals surface area contributed by atoms with E-state index in [4.69, 9.17) is 9.47 Å². The molecule has 0 amide bonds. The van der Waals surface area contributed by atoms with Crippen molar-refractivity contribution in [1.82, 2.24) is 10.2 Å². The Morgan fingerprint density at radius 3 is 2.48 bits per heavy atom. The lowest BCUT2D eigenvalue weighted by Gasteiger charge is -2.41. The first-order valence-corrected chi connectivity index (χ1v) is 9.26. The van der Waals surface area contributed by atoms with E-state index in [0.29, 0.717) is 19.3 Å². The fourth-order valence-corrected chi connectivity index (χ4v) is 4.44. The van der Waals surface area contributed by atoms with Gasteiger partial charge in [-0.3, -0.25) is 4.90 Å². The van der Waals surface area contributed by atoms with Crippen LogP contribution in [-0.2, 0) is 0 Å². The Balaban J connectivity index is 1.63. The molecule has 0 aromatic heterocycles. The molecule has 1 saturated heterocycles. The number of hydrogen-bond acceptors (Lipinski definition) is 4. The Kier molecular flexibility index (Phi) is 4.72. The van der Waals surface area contributed by atoms with Gasteiger partial charge in [-0.15, -0.1) is 0 Å². The molecule has 4 heteroatoms. The smallest absolute Gasteiger partial charge is 0.161 e. The highest BCUT2D eigenvalue weighted by Gasteiger charge is 2.31. The number of fused-ring (bicyclic) bond motifs is 1. The van der Waals surface area contributed by atoms with Crippen molar-refractivity contribution in [1.29, 1.82) is 0 Å². The summed E-state index contributed by atoms with van der Waals surface area (Å²) in [4.78, 5) is 2.69. The summed E-state index contributed by atoms with van der Waals surface area (Å²) in [6.45, 7) is 5.83. The normalized spacial score (nSPS) is 24.3. The van der Waals surface area contributed by atoms with Gasteiger partial charge in [0.1, 0.15) is 13.2 Å². The Morgan fingerprint density at radius 1 is 0.957 bits per heavy atom. The van der Waals surface area contributed by atoms with Crippen LogP contribution < -0.4 is 14.8 Å². The van der Waals surface area contributed by atoms with Crippen LogP contribution in [0.15, 0.2) is 18.2 Å². The predicted octanol–water partition coefficient (Wildman–Crippen LogP) is 2.98. The van der Waals surface area contributed by atoms with Crippen LogP contribution in [0.1, 0.15) is 43.7 Å². The van der Waals surface area contributed by atoms with Crippen LogP contribution in [0.4, 0.5) is 0 Å². The molecule has 2 fully saturated rings. The number of benzene rings is 1. The molecule has 1 aliphatic carbocycles. The fourth-order valence-electron chi connectivity index (χ4n) is 4.44. The van der Waals surface area contributed by atoms with Gasteiger partial charge >= 0.3 is 0 Å². The second-order valence-electron chi connectivity index (χ2n) is 7.03. The molecule has 3 aliphatic rings. The van der Waals surface area contributed by atoms with Crippen molar-refractivity contribution in [2.75, 3.05) is 39.4 Å². The van der Waals surface area contributed by atoms with E-state index in [-0.39, 0.29) is 0 Å². The van der Waals surface area contributed by atoms with Crippen LogP contribution in [0.2, 0.25) is 0 Å². The van der Waals surface area contributed by atoms with E-state index in [0.717, 1.165) is 43.6 Å². The lowest BCUT2D eigenvalue weighted by atomic mass is 9.80. The first-order valence-electron chi connectivity index (χ1n) is 9.26. The summed E-state index contributed by atoms with van der Waals surface area (Å²) in [6.07, 6.45) is 6.91. The minimum Gasteiger partial charge on any atom is -0.486 e. The van der Waals surface area contributed by atoms with Gasteiger partial charge in [-0.2, -0.15) is 0 Å². The zero-order valence-electron chi connectivity index (χ0n) is 13.9. The lowest BCUT2D eigenvalue weighted by molar-refractivity contribution is 0.102. The lowest BCUT2D eigenvalue weighted by Crippen LogP contribution is -2.47. The Hall–Kier alpha value is -1.26. The third-order valence-electron chi connectivity index (χ3n) is 5.55. The van der Waals surface area contributed by atoms with Gasteiger partial charge in [0.25, 0.3) is 0 Å². The molecule has 23 heavy (non-hydrogen) atoms. The van der Waals surface area contributed by atoms with Crippen molar-refractivity contribution in [3.8, 4) is 11.5 Å². The van der Waals surface area contributed by atoms with Crippen LogP contribution in [0.3, 0.4) is 0 Å². The molecule has 1 aromatic rings. The van der Waals surface area contributed by atoms with Crippen LogP contribution in [0.25, 0.3) is 0 Å². The number of rotatable bonds is 3. The van der Waals surface area contributed by atoms with E-state index >= 15 is 0 Å². The molecule has 1 saturated carbocycles. The highest BCUT2D eigenvalue weighted by molar-refractivity contribution is 5.45. The van der Waals surface area contributed by atoms with Crippen molar-refractivity contribution >= 4 is 0 Å². The van der Waals surface area contributed by atoms with Gasteiger partial charge in [0, 0.05) is 32.2 Å². The summed E-state index contributed by atoms with van der Waals surface area (Å²) in [7, 11) is 0. The van der Waals surface area contributed by atoms with Gasteiger partial charge in [-0.25, -0.2) is 0 Å². The molecule has 2 heterocycles. The van der Waals surface area contributed by atoms with Crippen LogP contribution in [-0.4, -0.2) is 44.3 Å². The number of piperazine rings is 1. The standard InChI is InChI=1S/C19H28N2O2/c1-2-4-15(5-3-1)19(21-10-8-20-9-11-21)16-6-7-17-18(14-16)23-13-12-22-17/h6-7,14-15,19-20H,1-5,8-13H2/t19-/m1/s1. The van der Waals surface area contributed by atoms with E-state index < -0.39 is 0 Å². The average molecular weight is 316 g/mol. The van der Waals surface area contributed by atoms with E-state index in [9.17, 15) is 0 Å². The number of hydrogen-bond donors (Lipinski definition) is 1. The minimum absolute atomic E-state index is 0.535.